The van der Waals surface area contributed by atoms with E-state index in [9.17, 15) is 9.59 Å². The Labute approximate surface area is 145 Å². The van der Waals surface area contributed by atoms with Crippen molar-refractivity contribution in [1.29, 1.82) is 0 Å². The molecule has 0 spiro atoms. The highest BCUT2D eigenvalue weighted by molar-refractivity contribution is 6.07. The second kappa shape index (κ2) is 7.57. The number of methoxy groups -OCH3 is 1. The third-order valence-corrected chi connectivity index (χ3v) is 3.97. The first-order chi connectivity index (χ1) is 12.2. The molecular weight excluding hydrogens is 316 g/mol. The van der Waals surface area contributed by atoms with Gasteiger partial charge in [0.05, 0.1) is 18.2 Å². The summed E-state index contributed by atoms with van der Waals surface area (Å²) in [5.41, 5.74) is 2.15. The lowest BCUT2D eigenvalue weighted by molar-refractivity contribution is -0.142. The molecule has 0 radical (unpaired) electrons. The van der Waals surface area contributed by atoms with Crippen LogP contribution in [0.25, 0.3) is 10.9 Å². The second-order valence-corrected chi connectivity index (χ2v) is 5.61. The van der Waals surface area contributed by atoms with E-state index in [1.807, 2.05) is 54.6 Å². The summed E-state index contributed by atoms with van der Waals surface area (Å²) in [4.78, 5) is 29.1. The minimum atomic E-state index is -0.758. The molecule has 0 bridgehead atoms. The highest BCUT2D eigenvalue weighted by Gasteiger charge is 2.23. The Morgan fingerprint density at radius 3 is 2.52 bits per heavy atom. The number of nitrogens with one attached hydrogen (secondary N) is 1. The van der Waals surface area contributed by atoms with E-state index in [0.717, 1.165) is 16.5 Å². The molecule has 2 aromatic carbocycles. The minimum Gasteiger partial charge on any atom is -0.467 e. The van der Waals surface area contributed by atoms with E-state index in [1.165, 1.54) is 7.11 Å². The quantitative estimate of drug-likeness (QED) is 0.729. The number of aromatic nitrogens is 1. The Kier molecular flexibility index (Phi) is 5.04. The number of carbonyl (C=O) groups excluding carboxylic acids is 2. The predicted octanol–water partition coefficient (Wildman–Crippen LogP) is 2.75. The van der Waals surface area contributed by atoms with Gasteiger partial charge in [0.1, 0.15) is 6.04 Å². The molecule has 0 saturated heterocycles. The molecule has 0 fully saturated rings. The van der Waals surface area contributed by atoms with Crippen molar-refractivity contribution in [2.75, 3.05) is 7.11 Å². The van der Waals surface area contributed by atoms with Gasteiger partial charge in [0.25, 0.3) is 5.91 Å². The van der Waals surface area contributed by atoms with Gasteiger partial charge in [-0.1, -0.05) is 48.5 Å². The van der Waals surface area contributed by atoms with Gasteiger partial charge in [-0.2, -0.15) is 0 Å². The number of ether oxygens (including phenoxy) is 1. The van der Waals surface area contributed by atoms with Gasteiger partial charge in [-0.3, -0.25) is 9.78 Å². The molecule has 5 heteroatoms. The van der Waals surface area contributed by atoms with Crippen molar-refractivity contribution in [3.8, 4) is 0 Å². The minimum absolute atomic E-state index is 0.329. The van der Waals surface area contributed by atoms with Gasteiger partial charge in [0, 0.05) is 18.0 Å². The average molecular weight is 334 g/mol. The van der Waals surface area contributed by atoms with Crippen molar-refractivity contribution in [2.45, 2.75) is 12.5 Å². The molecule has 0 unspecified atom stereocenters. The Hall–Kier alpha value is -3.21. The Morgan fingerprint density at radius 1 is 1.04 bits per heavy atom. The fraction of sp³-hybridized carbons (Fsp3) is 0.150. The third kappa shape index (κ3) is 3.83. The van der Waals surface area contributed by atoms with Gasteiger partial charge < -0.3 is 10.1 Å². The van der Waals surface area contributed by atoms with Crippen molar-refractivity contribution in [3.05, 3.63) is 78.0 Å². The van der Waals surface area contributed by atoms with Gasteiger partial charge in [-0.05, 0) is 17.7 Å². The van der Waals surface area contributed by atoms with Crippen LogP contribution in [0.2, 0.25) is 0 Å². The van der Waals surface area contributed by atoms with Gasteiger partial charge in [0.15, 0.2) is 0 Å². The first kappa shape index (κ1) is 16.6. The van der Waals surface area contributed by atoms with Crippen molar-refractivity contribution in [3.63, 3.8) is 0 Å². The number of hydrogen-bond acceptors (Lipinski definition) is 4. The van der Waals surface area contributed by atoms with E-state index in [2.05, 4.69) is 10.3 Å². The van der Waals surface area contributed by atoms with E-state index in [1.54, 1.807) is 12.3 Å². The molecule has 1 heterocycles. The lowest BCUT2D eigenvalue weighted by Gasteiger charge is -2.17. The van der Waals surface area contributed by atoms with Crippen molar-refractivity contribution < 1.29 is 14.3 Å². The molecule has 3 rings (SSSR count). The maximum absolute atomic E-state index is 12.7. The monoisotopic (exact) mass is 334 g/mol. The molecular formula is C20H18N2O3. The van der Waals surface area contributed by atoms with Gasteiger partial charge >= 0.3 is 5.97 Å². The number of para-hydroxylation sites is 1. The number of fused-ring (bicyclic) bond motifs is 1. The zero-order chi connectivity index (χ0) is 17.6. The molecule has 0 aliphatic heterocycles. The highest BCUT2D eigenvalue weighted by atomic mass is 16.5. The maximum Gasteiger partial charge on any atom is 0.328 e. The van der Waals surface area contributed by atoms with E-state index < -0.39 is 12.0 Å². The number of nitrogens with zero attached hydrogens (tertiary/aromatic N) is 1. The number of pyridine rings is 1. The zero-order valence-electron chi connectivity index (χ0n) is 13.8. The summed E-state index contributed by atoms with van der Waals surface area (Å²) in [6, 6.07) is 17.8. The SMILES string of the molecule is COC(=O)[C@H](Cc1ccccc1)NC(=O)c1ccnc2ccccc12. The van der Waals surface area contributed by atoms with Crippen LogP contribution in [0.4, 0.5) is 0 Å². The van der Waals surface area contributed by atoms with Crippen LogP contribution in [-0.2, 0) is 16.0 Å². The van der Waals surface area contributed by atoms with Crippen LogP contribution in [0.1, 0.15) is 15.9 Å². The lowest BCUT2D eigenvalue weighted by atomic mass is 10.0. The molecule has 0 aliphatic carbocycles. The van der Waals surface area contributed by atoms with Gasteiger partial charge in [-0.15, -0.1) is 0 Å². The summed E-state index contributed by atoms with van der Waals surface area (Å²) in [5, 5.41) is 3.52. The zero-order valence-corrected chi connectivity index (χ0v) is 13.8. The molecule has 126 valence electrons. The molecule has 0 aliphatic rings. The van der Waals surface area contributed by atoms with Crippen LogP contribution in [0.15, 0.2) is 66.9 Å². The summed E-state index contributed by atoms with van der Waals surface area (Å²) < 4.78 is 4.84. The summed E-state index contributed by atoms with van der Waals surface area (Å²) in [7, 11) is 1.31. The molecule has 5 nitrogen and oxygen atoms in total. The third-order valence-electron chi connectivity index (χ3n) is 3.97. The van der Waals surface area contributed by atoms with Crippen molar-refractivity contribution in [2.24, 2.45) is 0 Å². The Morgan fingerprint density at radius 2 is 1.76 bits per heavy atom. The van der Waals surface area contributed by atoms with Crippen LogP contribution in [0.5, 0.6) is 0 Å². The smallest absolute Gasteiger partial charge is 0.328 e. The van der Waals surface area contributed by atoms with E-state index in [0.29, 0.717) is 12.0 Å². The fourth-order valence-corrected chi connectivity index (χ4v) is 2.72. The largest absolute Gasteiger partial charge is 0.467 e. The number of rotatable bonds is 5. The van der Waals surface area contributed by atoms with Crippen LogP contribution < -0.4 is 5.32 Å². The van der Waals surface area contributed by atoms with Crippen molar-refractivity contribution in [1.82, 2.24) is 10.3 Å². The molecule has 1 aromatic heterocycles. The summed E-state index contributed by atoms with van der Waals surface area (Å²) in [6.45, 7) is 0. The van der Waals surface area contributed by atoms with E-state index >= 15 is 0 Å². The molecule has 3 aromatic rings. The summed E-state index contributed by atoms with van der Waals surface area (Å²) in [6.07, 6.45) is 1.95. The fourth-order valence-electron chi connectivity index (χ4n) is 2.72. The molecule has 1 atom stereocenters. The lowest BCUT2D eigenvalue weighted by Crippen LogP contribution is -2.43. The molecule has 0 saturated carbocycles. The van der Waals surface area contributed by atoms with E-state index in [-0.39, 0.29) is 5.91 Å². The highest BCUT2D eigenvalue weighted by Crippen LogP contribution is 2.16. The standard InChI is InChI=1S/C20H18N2O3/c1-25-20(24)18(13-14-7-3-2-4-8-14)22-19(23)16-11-12-21-17-10-6-5-9-15(16)17/h2-12,18H,13H2,1H3,(H,22,23)/t18-/m0/s1. The number of amides is 1. The number of hydrogen-bond donors (Lipinski definition) is 1. The Balaban J connectivity index is 1.85. The number of esters is 1. The number of benzene rings is 2. The van der Waals surface area contributed by atoms with Gasteiger partial charge in [0.2, 0.25) is 0 Å². The molecule has 25 heavy (non-hydrogen) atoms. The first-order valence-electron chi connectivity index (χ1n) is 7.95. The summed E-state index contributed by atoms with van der Waals surface area (Å²) >= 11 is 0. The van der Waals surface area contributed by atoms with Crippen LogP contribution >= 0.6 is 0 Å². The second-order valence-electron chi connectivity index (χ2n) is 5.61. The normalized spacial score (nSPS) is 11.7. The predicted molar refractivity (Wildman–Crippen MR) is 95.2 cm³/mol. The van der Waals surface area contributed by atoms with Crippen LogP contribution in [-0.4, -0.2) is 30.0 Å². The van der Waals surface area contributed by atoms with Crippen LogP contribution in [0.3, 0.4) is 0 Å². The average Bonchev–Trinajstić information content (AvgIpc) is 2.67. The molecule has 1 N–H and O–H groups in total. The van der Waals surface area contributed by atoms with Gasteiger partial charge in [-0.25, -0.2) is 4.79 Å². The van der Waals surface area contributed by atoms with E-state index in [4.69, 9.17) is 4.74 Å². The maximum atomic E-state index is 12.7. The number of carbonyl (C=O) groups is 2. The van der Waals surface area contributed by atoms with Crippen LogP contribution in [0, 0.1) is 0 Å². The summed E-state index contributed by atoms with van der Waals surface area (Å²) in [5.74, 6) is -0.805. The topological polar surface area (TPSA) is 68.3 Å². The van der Waals surface area contributed by atoms with Crippen molar-refractivity contribution >= 4 is 22.8 Å². The Bertz CT molecular complexity index is 888. The molecule has 1 amide bonds. The first-order valence-corrected chi connectivity index (χ1v) is 7.95.